The maximum Gasteiger partial charge on any atom is 0.316 e. The van der Waals surface area contributed by atoms with Gasteiger partial charge >= 0.3 is 6.17 Å². The Labute approximate surface area is 118 Å². The predicted molar refractivity (Wildman–Crippen MR) is 78.5 cm³/mol. The van der Waals surface area contributed by atoms with Crippen LogP contribution in [0.4, 0.5) is 11.4 Å². The molecule has 2 heterocycles. The monoisotopic (exact) mass is 275 g/mol. The van der Waals surface area contributed by atoms with Crippen molar-refractivity contribution < 1.29 is 9.61 Å². The van der Waals surface area contributed by atoms with E-state index in [0.717, 1.165) is 40.7 Å². The van der Waals surface area contributed by atoms with Gasteiger partial charge in [0.05, 0.1) is 35.0 Å². The Bertz CT molecular complexity index is 585. The minimum absolute atomic E-state index is 0.241. The Hall–Kier alpha value is -2.11. The molecule has 106 valence electrons. The van der Waals surface area contributed by atoms with Crippen molar-refractivity contribution in [3.05, 3.63) is 23.1 Å². The Kier molecular flexibility index (Phi) is 3.08. The van der Waals surface area contributed by atoms with Crippen molar-refractivity contribution in [3.8, 4) is 5.75 Å². The third-order valence-corrected chi connectivity index (χ3v) is 3.82. The van der Waals surface area contributed by atoms with Crippen molar-refractivity contribution in [2.75, 3.05) is 30.5 Å². The first kappa shape index (κ1) is 12.9. The van der Waals surface area contributed by atoms with Gasteiger partial charge in [0.15, 0.2) is 4.87 Å². The highest BCUT2D eigenvalue weighted by Gasteiger charge is 2.46. The van der Waals surface area contributed by atoms with E-state index in [9.17, 15) is 4.91 Å². The molecule has 2 aliphatic rings. The molecule has 0 saturated carbocycles. The van der Waals surface area contributed by atoms with Crippen LogP contribution in [0.5, 0.6) is 5.75 Å². The molecule has 20 heavy (non-hydrogen) atoms. The van der Waals surface area contributed by atoms with Gasteiger partial charge in [-0.05, 0) is 18.6 Å². The summed E-state index contributed by atoms with van der Waals surface area (Å²) in [6.45, 7) is 2.73. The summed E-state index contributed by atoms with van der Waals surface area (Å²) in [4.78, 5) is 17.0. The lowest BCUT2D eigenvalue weighted by molar-refractivity contribution is -0.581. The van der Waals surface area contributed by atoms with E-state index in [-0.39, 0.29) is 6.17 Å². The zero-order valence-corrected chi connectivity index (χ0v) is 12.0. The van der Waals surface area contributed by atoms with Gasteiger partial charge in [-0.3, -0.25) is 4.90 Å². The summed E-state index contributed by atoms with van der Waals surface area (Å²) in [6, 6.07) is 5.95. The third kappa shape index (κ3) is 1.83. The second-order valence-electron chi connectivity index (χ2n) is 5.17. The molecule has 0 bridgehead atoms. The lowest BCUT2D eigenvalue weighted by Gasteiger charge is -2.34. The largest absolute Gasteiger partial charge is 0.497 e. The van der Waals surface area contributed by atoms with Crippen LogP contribution in [0.25, 0.3) is 0 Å². The highest BCUT2D eigenvalue weighted by atomic mass is 16.5. The van der Waals surface area contributed by atoms with E-state index in [4.69, 9.17) is 4.74 Å². The average molecular weight is 275 g/mol. The fourth-order valence-corrected chi connectivity index (χ4v) is 2.85. The van der Waals surface area contributed by atoms with Gasteiger partial charge in [-0.25, -0.2) is 0 Å². The van der Waals surface area contributed by atoms with Crippen molar-refractivity contribution in [2.45, 2.75) is 25.9 Å². The molecule has 1 aromatic rings. The number of rotatable bonds is 3. The Balaban J connectivity index is 2.09. The Morgan fingerprint density at radius 2 is 2.25 bits per heavy atom. The first-order chi connectivity index (χ1) is 9.65. The van der Waals surface area contributed by atoms with Crippen LogP contribution in [0, 0.1) is 4.91 Å². The maximum atomic E-state index is 12.0. The van der Waals surface area contributed by atoms with Crippen molar-refractivity contribution >= 4 is 17.2 Å². The number of hydrazone groups is 1. The number of amidine groups is 1. The van der Waals surface area contributed by atoms with Crippen LogP contribution in [0.3, 0.4) is 0 Å². The van der Waals surface area contributed by atoms with E-state index < -0.39 is 0 Å². The summed E-state index contributed by atoms with van der Waals surface area (Å²) in [5, 5.41) is 4.15. The normalized spacial score (nSPS) is 20.6. The smallest absolute Gasteiger partial charge is 0.316 e. The van der Waals surface area contributed by atoms with Gasteiger partial charge < -0.3 is 9.64 Å². The van der Waals surface area contributed by atoms with Crippen molar-refractivity contribution in [1.29, 1.82) is 0 Å². The number of likely N-dealkylation sites (N-methyl/N-ethyl adjacent to an activating group) is 1. The SMILES string of the molecule is CCCC1N2C(=N[N+]1=O)CN(C)c1ccc(OC)cc12. The van der Waals surface area contributed by atoms with Gasteiger partial charge in [-0.15, -0.1) is 0 Å². The molecule has 0 aromatic heterocycles. The van der Waals surface area contributed by atoms with Crippen molar-refractivity contribution in [3.63, 3.8) is 0 Å². The highest BCUT2D eigenvalue weighted by Crippen LogP contribution is 2.39. The predicted octanol–water partition coefficient (Wildman–Crippen LogP) is 2.18. The number of nitrogens with zero attached hydrogens (tertiary/aromatic N) is 4. The molecular formula is C14H19N4O2+. The molecule has 1 atom stereocenters. The van der Waals surface area contributed by atoms with Crippen LogP contribution in [-0.4, -0.2) is 37.6 Å². The first-order valence-corrected chi connectivity index (χ1v) is 6.88. The number of benzene rings is 1. The van der Waals surface area contributed by atoms with E-state index in [1.54, 1.807) is 7.11 Å². The molecule has 6 heteroatoms. The van der Waals surface area contributed by atoms with E-state index in [1.165, 1.54) is 0 Å². The van der Waals surface area contributed by atoms with Crippen LogP contribution in [0.15, 0.2) is 23.3 Å². The van der Waals surface area contributed by atoms with E-state index >= 15 is 0 Å². The quantitative estimate of drug-likeness (QED) is 0.793. The molecule has 0 N–H and O–H groups in total. The summed E-state index contributed by atoms with van der Waals surface area (Å²) >= 11 is 0. The lowest BCUT2D eigenvalue weighted by Crippen LogP contribution is -2.47. The molecule has 0 fully saturated rings. The average Bonchev–Trinajstić information content (AvgIpc) is 2.75. The molecular weight excluding hydrogens is 256 g/mol. The van der Waals surface area contributed by atoms with Crippen LogP contribution < -0.4 is 14.5 Å². The number of hydrogen-bond acceptors (Lipinski definition) is 4. The molecule has 1 aromatic carbocycles. The molecule has 6 nitrogen and oxygen atoms in total. The van der Waals surface area contributed by atoms with Crippen LogP contribution in [0.1, 0.15) is 19.8 Å². The molecule has 0 spiro atoms. The van der Waals surface area contributed by atoms with Crippen molar-refractivity contribution in [2.24, 2.45) is 5.10 Å². The number of fused-ring (bicyclic) bond motifs is 3. The first-order valence-electron chi connectivity index (χ1n) is 6.88. The Morgan fingerprint density at radius 1 is 1.45 bits per heavy atom. The minimum atomic E-state index is -0.241. The van der Waals surface area contributed by atoms with Gasteiger partial charge in [-0.2, -0.15) is 0 Å². The molecule has 0 aliphatic carbocycles. The molecule has 0 radical (unpaired) electrons. The van der Waals surface area contributed by atoms with E-state index in [0.29, 0.717) is 6.54 Å². The standard InChI is InChI=1S/C14H19N4O2/c1-4-5-14-17-12-8-10(20-3)6-7-11(12)16(2)9-13(17)15-18(14)19/h6-8,14H,4-5,9H2,1-3H3/q+1. The zero-order valence-electron chi connectivity index (χ0n) is 12.0. The summed E-state index contributed by atoms with van der Waals surface area (Å²) in [6.07, 6.45) is 1.49. The molecule has 1 unspecified atom stereocenters. The molecule has 3 rings (SSSR count). The van der Waals surface area contributed by atoms with Crippen LogP contribution in [0.2, 0.25) is 0 Å². The fourth-order valence-electron chi connectivity index (χ4n) is 2.85. The van der Waals surface area contributed by atoms with Gasteiger partial charge in [0.2, 0.25) is 5.84 Å². The molecule has 2 aliphatic heterocycles. The summed E-state index contributed by atoms with van der Waals surface area (Å²) in [5.41, 5.74) is 2.09. The van der Waals surface area contributed by atoms with Gasteiger partial charge in [0.25, 0.3) is 0 Å². The second kappa shape index (κ2) is 4.77. The Morgan fingerprint density at radius 3 is 2.95 bits per heavy atom. The minimum Gasteiger partial charge on any atom is -0.497 e. The van der Waals surface area contributed by atoms with E-state index in [2.05, 4.69) is 16.9 Å². The van der Waals surface area contributed by atoms with Gasteiger partial charge in [0, 0.05) is 19.5 Å². The topological polar surface area (TPSA) is 48.2 Å². The van der Waals surface area contributed by atoms with Crippen LogP contribution in [-0.2, 0) is 0 Å². The summed E-state index contributed by atoms with van der Waals surface area (Å²) in [7, 11) is 3.66. The zero-order chi connectivity index (χ0) is 14.3. The number of anilines is 2. The van der Waals surface area contributed by atoms with Crippen LogP contribution >= 0.6 is 0 Å². The second-order valence-corrected chi connectivity index (χ2v) is 5.17. The lowest BCUT2D eigenvalue weighted by atomic mass is 10.1. The fraction of sp³-hybridized carbons (Fsp3) is 0.500. The van der Waals surface area contributed by atoms with Crippen molar-refractivity contribution in [1.82, 2.24) is 0 Å². The third-order valence-electron chi connectivity index (χ3n) is 3.82. The summed E-state index contributed by atoms with van der Waals surface area (Å²) < 4.78 is 5.31. The molecule has 0 amide bonds. The number of hydrogen-bond donors (Lipinski definition) is 0. The van der Waals surface area contributed by atoms with E-state index in [1.807, 2.05) is 30.1 Å². The highest BCUT2D eigenvalue weighted by molar-refractivity contribution is 6.07. The van der Waals surface area contributed by atoms with Gasteiger partial charge in [-0.1, -0.05) is 6.92 Å². The number of ether oxygens (including phenoxy) is 1. The maximum absolute atomic E-state index is 12.0. The number of methoxy groups -OCH3 is 1. The summed E-state index contributed by atoms with van der Waals surface area (Å²) in [5.74, 6) is 1.60. The number of nitroso groups, excluding NO2 is 1. The molecule has 0 saturated heterocycles. The van der Waals surface area contributed by atoms with Gasteiger partial charge in [0.1, 0.15) is 5.75 Å².